The molecule has 2 saturated carbocycles. The number of rotatable bonds is 1. The fraction of sp³-hybridized carbons (Fsp3) is 0.867. The van der Waals surface area contributed by atoms with Crippen molar-refractivity contribution >= 4 is 0 Å². The van der Waals surface area contributed by atoms with Crippen LogP contribution in [0.2, 0.25) is 0 Å². The Bertz CT molecular complexity index is 306. The second-order valence-corrected chi connectivity index (χ2v) is 6.63. The molecule has 5 atom stereocenters. The van der Waals surface area contributed by atoms with Crippen molar-refractivity contribution in [1.29, 1.82) is 0 Å². The highest BCUT2D eigenvalue weighted by Crippen LogP contribution is 2.51. The third-order valence-electron chi connectivity index (χ3n) is 5.16. The molecule has 0 amide bonds. The predicted octanol–water partition coefficient (Wildman–Crippen LogP) is 2.75. The van der Waals surface area contributed by atoms with Crippen LogP contribution >= 0.6 is 0 Å². The molecule has 0 aromatic rings. The maximum absolute atomic E-state index is 10.5. The minimum absolute atomic E-state index is 0.208. The fourth-order valence-corrected chi connectivity index (χ4v) is 4.05. The molecule has 2 heteroatoms. The van der Waals surface area contributed by atoms with Crippen LogP contribution in [-0.2, 0) is 0 Å². The van der Waals surface area contributed by atoms with E-state index >= 15 is 0 Å². The Kier molecular flexibility index (Phi) is 3.39. The van der Waals surface area contributed by atoms with Gasteiger partial charge in [0.15, 0.2) is 0 Å². The molecule has 0 unspecified atom stereocenters. The first-order valence-corrected chi connectivity index (χ1v) is 6.92. The maximum atomic E-state index is 10.5. The number of hydrogen-bond donors (Lipinski definition) is 2. The Labute approximate surface area is 105 Å². The first-order valence-electron chi connectivity index (χ1n) is 6.92. The van der Waals surface area contributed by atoms with Crippen molar-refractivity contribution in [3.05, 3.63) is 12.2 Å². The van der Waals surface area contributed by atoms with Gasteiger partial charge in [0.05, 0.1) is 11.7 Å². The van der Waals surface area contributed by atoms with Crippen LogP contribution in [-0.4, -0.2) is 21.9 Å². The summed E-state index contributed by atoms with van der Waals surface area (Å²) >= 11 is 0. The van der Waals surface area contributed by atoms with E-state index in [2.05, 4.69) is 20.4 Å². The van der Waals surface area contributed by atoms with Crippen molar-refractivity contribution in [3.8, 4) is 0 Å². The lowest BCUT2D eigenvalue weighted by Gasteiger charge is -2.52. The van der Waals surface area contributed by atoms with Gasteiger partial charge < -0.3 is 10.2 Å². The van der Waals surface area contributed by atoms with Gasteiger partial charge in [-0.05, 0) is 61.9 Å². The summed E-state index contributed by atoms with van der Waals surface area (Å²) in [7, 11) is 0. The smallest absolute Gasteiger partial charge is 0.0782 e. The van der Waals surface area contributed by atoms with Crippen LogP contribution in [0.25, 0.3) is 0 Å². The Morgan fingerprint density at radius 3 is 2.59 bits per heavy atom. The third kappa shape index (κ3) is 2.17. The van der Waals surface area contributed by atoms with E-state index in [1.165, 1.54) is 0 Å². The van der Waals surface area contributed by atoms with Crippen LogP contribution in [0.1, 0.15) is 46.5 Å². The SMILES string of the molecule is C=C1CC[C@H]2[C@@H]([C@@H](C(C)C)CC[C@]2(C)O)[C@H]1O. The Balaban J connectivity index is 2.30. The second-order valence-electron chi connectivity index (χ2n) is 6.63. The average Bonchev–Trinajstić information content (AvgIpc) is 2.23. The van der Waals surface area contributed by atoms with E-state index in [1.54, 1.807) is 0 Å². The van der Waals surface area contributed by atoms with Crippen molar-refractivity contribution in [2.24, 2.45) is 23.7 Å². The number of hydrogen-bond acceptors (Lipinski definition) is 2. The van der Waals surface area contributed by atoms with E-state index in [1.807, 2.05) is 6.92 Å². The van der Waals surface area contributed by atoms with Gasteiger partial charge >= 0.3 is 0 Å². The molecule has 0 heterocycles. The summed E-state index contributed by atoms with van der Waals surface area (Å²) < 4.78 is 0. The summed E-state index contributed by atoms with van der Waals surface area (Å²) in [5.41, 5.74) is 0.368. The molecule has 0 bridgehead atoms. The van der Waals surface area contributed by atoms with Crippen LogP contribution in [0.5, 0.6) is 0 Å². The van der Waals surface area contributed by atoms with Crippen molar-refractivity contribution in [3.63, 3.8) is 0 Å². The van der Waals surface area contributed by atoms with E-state index in [-0.39, 0.29) is 11.8 Å². The monoisotopic (exact) mass is 238 g/mol. The average molecular weight is 238 g/mol. The van der Waals surface area contributed by atoms with Crippen LogP contribution < -0.4 is 0 Å². The number of aliphatic hydroxyl groups excluding tert-OH is 1. The molecule has 0 spiro atoms. The molecular weight excluding hydrogens is 212 g/mol. The summed E-state index contributed by atoms with van der Waals surface area (Å²) in [6, 6.07) is 0. The Hall–Kier alpha value is -0.340. The Morgan fingerprint density at radius 1 is 1.35 bits per heavy atom. The standard InChI is InChI=1S/C15H26O2/c1-9(2)11-7-8-15(4,17)12-6-5-10(3)14(16)13(11)12/h9,11-14,16-17H,3,5-8H2,1-2,4H3/t11-,12+,13-,14+,15+/m1/s1. The lowest BCUT2D eigenvalue weighted by atomic mass is 9.56. The molecule has 2 nitrogen and oxygen atoms in total. The first-order chi connectivity index (χ1) is 7.84. The van der Waals surface area contributed by atoms with Crippen molar-refractivity contribution < 1.29 is 10.2 Å². The van der Waals surface area contributed by atoms with Gasteiger partial charge in [-0.15, -0.1) is 0 Å². The summed E-state index contributed by atoms with van der Waals surface area (Å²) in [6.45, 7) is 10.4. The van der Waals surface area contributed by atoms with Crippen LogP contribution in [0.4, 0.5) is 0 Å². The van der Waals surface area contributed by atoms with Crippen LogP contribution in [0.15, 0.2) is 12.2 Å². The lowest BCUT2D eigenvalue weighted by Crippen LogP contribution is -2.53. The van der Waals surface area contributed by atoms with Gasteiger partial charge in [-0.1, -0.05) is 20.4 Å². The second kappa shape index (κ2) is 4.40. The molecule has 0 saturated heterocycles. The van der Waals surface area contributed by atoms with Gasteiger partial charge in [-0.2, -0.15) is 0 Å². The fourth-order valence-electron chi connectivity index (χ4n) is 4.05. The third-order valence-corrected chi connectivity index (χ3v) is 5.16. The molecule has 2 fully saturated rings. The van der Waals surface area contributed by atoms with Gasteiger partial charge in [0.2, 0.25) is 0 Å². The minimum Gasteiger partial charge on any atom is -0.390 e. The predicted molar refractivity (Wildman–Crippen MR) is 69.5 cm³/mol. The Morgan fingerprint density at radius 2 is 2.00 bits per heavy atom. The van der Waals surface area contributed by atoms with E-state index in [9.17, 15) is 10.2 Å². The van der Waals surface area contributed by atoms with Crippen molar-refractivity contribution in [2.45, 2.75) is 58.2 Å². The highest BCUT2D eigenvalue weighted by molar-refractivity contribution is 5.14. The van der Waals surface area contributed by atoms with Crippen molar-refractivity contribution in [1.82, 2.24) is 0 Å². The minimum atomic E-state index is -0.599. The zero-order valence-corrected chi connectivity index (χ0v) is 11.3. The van der Waals surface area contributed by atoms with Gasteiger partial charge in [-0.25, -0.2) is 0 Å². The zero-order valence-electron chi connectivity index (χ0n) is 11.3. The first kappa shape index (κ1) is 13.1. The van der Waals surface area contributed by atoms with Gasteiger partial charge in [0, 0.05) is 0 Å². The molecule has 2 aliphatic rings. The normalized spacial score (nSPS) is 47.1. The molecular formula is C15H26O2. The molecule has 0 aliphatic heterocycles. The quantitative estimate of drug-likeness (QED) is 0.690. The topological polar surface area (TPSA) is 40.5 Å². The number of fused-ring (bicyclic) bond motifs is 1. The van der Waals surface area contributed by atoms with Crippen LogP contribution in [0, 0.1) is 23.7 Å². The maximum Gasteiger partial charge on any atom is 0.0782 e. The van der Waals surface area contributed by atoms with Crippen molar-refractivity contribution in [2.75, 3.05) is 0 Å². The highest BCUT2D eigenvalue weighted by Gasteiger charge is 2.50. The highest BCUT2D eigenvalue weighted by atomic mass is 16.3. The molecule has 0 aromatic carbocycles. The molecule has 0 radical (unpaired) electrons. The summed E-state index contributed by atoms with van der Waals surface area (Å²) in [6.07, 6.45) is 3.33. The summed E-state index contributed by atoms with van der Waals surface area (Å²) in [5, 5.41) is 20.9. The summed E-state index contributed by atoms with van der Waals surface area (Å²) in [5.74, 6) is 1.54. The van der Waals surface area contributed by atoms with Crippen LogP contribution in [0.3, 0.4) is 0 Å². The van der Waals surface area contributed by atoms with Gasteiger partial charge in [0.25, 0.3) is 0 Å². The van der Waals surface area contributed by atoms with E-state index in [4.69, 9.17) is 0 Å². The molecule has 2 rings (SSSR count). The molecule has 2 aliphatic carbocycles. The zero-order chi connectivity index (χ0) is 12.8. The largest absolute Gasteiger partial charge is 0.390 e. The number of aliphatic hydroxyl groups is 2. The lowest BCUT2D eigenvalue weighted by molar-refractivity contribution is -0.127. The van der Waals surface area contributed by atoms with E-state index in [0.29, 0.717) is 11.8 Å². The molecule has 2 N–H and O–H groups in total. The molecule has 98 valence electrons. The van der Waals surface area contributed by atoms with E-state index < -0.39 is 11.7 Å². The van der Waals surface area contributed by atoms with Gasteiger partial charge in [-0.3, -0.25) is 0 Å². The van der Waals surface area contributed by atoms with E-state index in [0.717, 1.165) is 31.3 Å². The summed E-state index contributed by atoms with van der Waals surface area (Å²) in [4.78, 5) is 0. The van der Waals surface area contributed by atoms with Gasteiger partial charge in [0.1, 0.15) is 0 Å². The molecule has 17 heavy (non-hydrogen) atoms. The molecule has 0 aromatic heterocycles.